The summed E-state index contributed by atoms with van der Waals surface area (Å²) >= 11 is 2.23. The number of nitrogens with zero attached hydrogens (tertiary/aromatic N) is 1. The predicted octanol–water partition coefficient (Wildman–Crippen LogP) is -0.759. The highest BCUT2D eigenvalue weighted by Gasteiger charge is 2.09. The summed E-state index contributed by atoms with van der Waals surface area (Å²) in [4.78, 5) is 7.44. The molecule has 1 aromatic rings. The molecule has 0 spiro atoms. The summed E-state index contributed by atoms with van der Waals surface area (Å²) in [5.74, 6) is 1.03. The van der Waals surface area contributed by atoms with Gasteiger partial charge in [-0.15, -0.1) is 0 Å². The van der Waals surface area contributed by atoms with Gasteiger partial charge in [-0.25, -0.2) is 4.99 Å². The minimum absolute atomic E-state index is 0.108. The first-order valence-electron chi connectivity index (χ1n) is 3.65. The van der Waals surface area contributed by atoms with Crippen LogP contribution in [0.15, 0.2) is 17.3 Å². The summed E-state index contributed by atoms with van der Waals surface area (Å²) in [5, 5.41) is 7.41. The van der Waals surface area contributed by atoms with Gasteiger partial charge in [-0.3, -0.25) is 0 Å². The zero-order valence-electron chi connectivity index (χ0n) is 6.56. The van der Waals surface area contributed by atoms with E-state index in [0.717, 1.165) is 16.5 Å². The first-order chi connectivity index (χ1) is 5.81. The minimum Gasteiger partial charge on any atom is -0.374 e. The number of aromatic nitrogens is 1. The second-order valence-corrected chi connectivity index (χ2v) is 3.65. The van der Waals surface area contributed by atoms with Gasteiger partial charge in [0.2, 0.25) is 0 Å². The molecule has 0 aromatic carbocycles. The van der Waals surface area contributed by atoms with Crippen LogP contribution in [0, 0.1) is 0 Å². The third-order valence-corrected chi connectivity index (χ3v) is 2.34. The zero-order valence-corrected chi connectivity index (χ0v) is 8.71. The van der Waals surface area contributed by atoms with Crippen LogP contribution in [-0.2, 0) is 0 Å². The topological polar surface area (TPSA) is 52.2 Å². The highest BCUT2D eigenvalue weighted by Crippen LogP contribution is 2.00. The standard InChI is InChI=1S/C7H9IN4/c1-9-5-4-2-3-10-6(4)12-7(8)11-5/h2-3,7,9,11H,1H3,(H,10,12)/t7-/m1/s1. The van der Waals surface area contributed by atoms with E-state index in [2.05, 4.69) is 43.2 Å². The molecule has 4 nitrogen and oxygen atoms in total. The van der Waals surface area contributed by atoms with E-state index in [1.54, 1.807) is 0 Å². The molecule has 0 radical (unpaired) electrons. The number of nitrogens with one attached hydrogen (secondary N) is 3. The Morgan fingerprint density at radius 3 is 3.25 bits per heavy atom. The summed E-state index contributed by atoms with van der Waals surface area (Å²) in [6, 6.07) is 2.00. The number of hydrogen-bond acceptors (Lipinski definition) is 3. The molecule has 1 aromatic heterocycles. The van der Waals surface area contributed by atoms with Crippen molar-refractivity contribution in [3.8, 4) is 0 Å². The Hall–Kier alpha value is -0.720. The van der Waals surface area contributed by atoms with Crippen molar-refractivity contribution < 1.29 is 0 Å². The lowest BCUT2D eigenvalue weighted by atomic mass is 10.4. The van der Waals surface area contributed by atoms with Crippen LogP contribution in [0.2, 0.25) is 0 Å². The smallest absolute Gasteiger partial charge is 0.174 e. The van der Waals surface area contributed by atoms with Gasteiger partial charge in [0.05, 0.1) is 5.22 Å². The molecule has 0 unspecified atom stereocenters. The maximum Gasteiger partial charge on any atom is 0.174 e. The third kappa shape index (κ3) is 1.17. The summed E-state index contributed by atoms with van der Waals surface area (Å²) < 4.78 is 0.108. The van der Waals surface area contributed by atoms with E-state index in [9.17, 15) is 0 Å². The number of hydrogen-bond donors (Lipinski definition) is 3. The van der Waals surface area contributed by atoms with Crippen LogP contribution in [0.5, 0.6) is 0 Å². The molecular formula is C7H9IN4. The van der Waals surface area contributed by atoms with Crippen LogP contribution in [0.3, 0.4) is 0 Å². The van der Waals surface area contributed by atoms with Crippen LogP contribution >= 0.6 is 22.6 Å². The number of fused-ring (bicyclic) bond motifs is 1. The Balaban J connectivity index is 2.71. The van der Waals surface area contributed by atoms with E-state index >= 15 is 0 Å². The quantitative estimate of drug-likeness (QED) is 0.359. The van der Waals surface area contributed by atoms with Gasteiger partial charge in [-0.05, 0) is 28.7 Å². The van der Waals surface area contributed by atoms with Crippen molar-refractivity contribution in [3.05, 3.63) is 23.0 Å². The predicted molar refractivity (Wildman–Crippen MR) is 55.0 cm³/mol. The molecule has 0 fully saturated rings. The number of aromatic amines is 1. The number of rotatable bonds is 1. The molecular weight excluding hydrogens is 267 g/mol. The fraction of sp³-hybridized carbons (Fsp3) is 0.286. The lowest BCUT2D eigenvalue weighted by molar-refractivity contribution is 0.762. The van der Waals surface area contributed by atoms with Gasteiger partial charge >= 0.3 is 0 Å². The molecule has 0 saturated heterocycles. The van der Waals surface area contributed by atoms with Crippen LogP contribution < -0.4 is 21.3 Å². The second-order valence-electron chi connectivity index (χ2n) is 2.47. The fourth-order valence-corrected chi connectivity index (χ4v) is 1.81. The van der Waals surface area contributed by atoms with Gasteiger partial charge in [0.15, 0.2) is 4.17 Å². The van der Waals surface area contributed by atoms with Gasteiger partial charge in [-0.1, -0.05) is 0 Å². The van der Waals surface area contributed by atoms with E-state index in [1.807, 2.05) is 19.3 Å². The van der Waals surface area contributed by atoms with Gasteiger partial charge in [0, 0.05) is 13.2 Å². The summed E-state index contributed by atoms with van der Waals surface area (Å²) in [6.07, 6.45) is 1.89. The maximum atomic E-state index is 4.36. The van der Waals surface area contributed by atoms with Crippen molar-refractivity contribution in [1.82, 2.24) is 15.6 Å². The lowest BCUT2D eigenvalue weighted by Gasteiger charge is -2.15. The monoisotopic (exact) mass is 276 g/mol. The van der Waals surface area contributed by atoms with Crippen LogP contribution in [0.4, 0.5) is 0 Å². The first kappa shape index (κ1) is 7.90. The molecule has 0 amide bonds. The van der Waals surface area contributed by atoms with E-state index in [0.29, 0.717) is 0 Å². The number of halogens is 1. The molecule has 0 saturated carbocycles. The van der Waals surface area contributed by atoms with E-state index in [1.165, 1.54) is 0 Å². The van der Waals surface area contributed by atoms with Gasteiger partial charge in [0.25, 0.3) is 0 Å². The average molecular weight is 276 g/mol. The van der Waals surface area contributed by atoms with E-state index < -0.39 is 0 Å². The van der Waals surface area contributed by atoms with Crippen LogP contribution in [0.1, 0.15) is 0 Å². The Kier molecular flexibility index (Phi) is 1.95. The molecule has 1 atom stereocenters. The molecule has 3 N–H and O–H groups in total. The molecule has 5 heteroatoms. The van der Waals surface area contributed by atoms with Crippen LogP contribution in [0.25, 0.3) is 5.82 Å². The zero-order chi connectivity index (χ0) is 8.55. The first-order valence-corrected chi connectivity index (χ1v) is 4.90. The Morgan fingerprint density at radius 2 is 2.50 bits per heavy atom. The molecule has 12 heavy (non-hydrogen) atoms. The van der Waals surface area contributed by atoms with Crippen molar-refractivity contribution in [2.45, 2.75) is 4.17 Å². The van der Waals surface area contributed by atoms with Gasteiger partial charge < -0.3 is 15.6 Å². The molecule has 2 rings (SSSR count). The molecule has 1 aliphatic rings. The van der Waals surface area contributed by atoms with Gasteiger partial charge in [-0.2, -0.15) is 0 Å². The van der Waals surface area contributed by atoms with Crippen molar-refractivity contribution in [2.75, 3.05) is 7.05 Å². The average Bonchev–Trinajstić information content (AvgIpc) is 2.50. The Labute approximate surface area is 83.3 Å². The third-order valence-electron chi connectivity index (χ3n) is 1.75. The highest BCUT2D eigenvalue weighted by atomic mass is 127. The second kappa shape index (κ2) is 2.96. The van der Waals surface area contributed by atoms with Crippen molar-refractivity contribution >= 4 is 28.4 Å². The Morgan fingerprint density at radius 1 is 1.67 bits per heavy atom. The van der Waals surface area contributed by atoms with E-state index in [4.69, 9.17) is 0 Å². The van der Waals surface area contributed by atoms with Gasteiger partial charge in [0.1, 0.15) is 11.3 Å². The normalized spacial score (nSPS) is 20.8. The Bertz CT molecular complexity index is 394. The number of alkyl halides is 1. The highest BCUT2D eigenvalue weighted by molar-refractivity contribution is 14.1. The maximum absolute atomic E-state index is 4.36. The SMILES string of the molecule is CNC1=c2cc[nH]c2=N[C@H](I)N1. The fourth-order valence-electron chi connectivity index (χ4n) is 1.22. The van der Waals surface area contributed by atoms with Crippen molar-refractivity contribution in [2.24, 2.45) is 4.99 Å². The molecule has 1 aliphatic heterocycles. The molecule has 0 bridgehead atoms. The largest absolute Gasteiger partial charge is 0.374 e. The van der Waals surface area contributed by atoms with Crippen LogP contribution in [-0.4, -0.2) is 16.2 Å². The molecule has 2 heterocycles. The molecule has 0 aliphatic carbocycles. The minimum atomic E-state index is 0.108. The summed E-state index contributed by atoms with van der Waals surface area (Å²) in [5.41, 5.74) is 0.942. The van der Waals surface area contributed by atoms with Crippen molar-refractivity contribution in [3.63, 3.8) is 0 Å². The van der Waals surface area contributed by atoms with E-state index in [-0.39, 0.29) is 4.17 Å². The van der Waals surface area contributed by atoms with Crippen molar-refractivity contribution in [1.29, 1.82) is 0 Å². The summed E-state index contributed by atoms with van der Waals surface area (Å²) in [7, 11) is 1.90. The number of H-pyrrole nitrogens is 1. The summed E-state index contributed by atoms with van der Waals surface area (Å²) in [6.45, 7) is 0. The lowest BCUT2D eigenvalue weighted by Crippen LogP contribution is -2.44. The molecule has 64 valence electrons.